The number of ether oxygens (including phenoxy) is 2. The molecule has 0 saturated carbocycles. The molecule has 2 amide bonds. The van der Waals surface area contributed by atoms with Gasteiger partial charge in [-0.05, 0) is 42.4 Å². The van der Waals surface area contributed by atoms with Crippen LogP contribution in [0.5, 0.6) is 11.5 Å². The summed E-state index contributed by atoms with van der Waals surface area (Å²) in [4.78, 5) is 36.6. The van der Waals surface area contributed by atoms with Crippen LogP contribution in [0, 0.1) is 0 Å². The lowest BCUT2D eigenvalue weighted by molar-refractivity contribution is -0.138. The molecule has 8 nitrogen and oxygen atoms in total. The molecule has 4 rings (SSSR count). The topological polar surface area (TPSA) is 75.2 Å². The zero-order chi connectivity index (χ0) is 22.0. The van der Waals surface area contributed by atoms with Crippen LogP contribution in [0.25, 0.3) is 5.57 Å². The Kier molecular flexibility index (Phi) is 5.90. The number of rotatable bonds is 6. The van der Waals surface area contributed by atoms with Crippen LogP contribution in [0.15, 0.2) is 48.4 Å². The number of piperazine rings is 1. The fraction of sp³-hybridized carbons (Fsp3) is 0.348. The summed E-state index contributed by atoms with van der Waals surface area (Å²) in [6.07, 6.45) is 3.31. The standard InChI is InChI=1S/C23H26N4O4/c1-25-10-12-26(13-11-25)21-20(17-4-5-18(30-2)19(14-17)31-3)22(28)27(23(21)29)15-16-6-8-24-9-7-16/h4-9,14H,10-13,15H2,1-3H3. The van der Waals surface area contributed by atoms with Crippen molar-refractivity contribution in [1.82, 2.24) is 19.7 Å². The first-order chi connectivity index (χ1) is 15.0. The summed E-state index contributed by atoms with van der Waals surface area (Å²) in [6.45, 7) is 3.23. The zero-order valence-electron chi connectivity index (χ0n) is 18.0. The number of carbonyl (C=O) groups excluding carboxylic acids is 2. The largest absolute Gasteiger partial charge is 0.493 e. The molecule has 2 aliphatic heterocycles. The lowest BCUT2D eigenvalue weighted by Gasteiger charge is -2.34. The van der Waals surface area contributed by atoms with Gasteiger partial charge in [-0.2, -0.15) is 0 Å². The first-order valence-corrected chi connectivity index (χ1v) is 10.2. The number of likely N-dealkylation sites (N-methyl/N-ethyl adjacent to an activating group) is 1. The summed E-state index contributed by atoms with van der Waals surface area (Å²) in [5, 5.41) is 0. The molecule has 162 valence electrons. The van der Waals surface area contributed by atoms with E-state index in [1.54, 1.807) is 44.8 Å². The maximum absolute atomic E-state index is 13.5. The van der Waals surface area contributed by atoms with E-state index < -0.39 is 0 Å². The van der Waals surface area contributed by atoms with Crippen molar-refractivity contribution in [2.24, 2.45) is 0 Å². The lowest BCUT2D eigenvalue weighted by Crippen LogP contribution is -2.46. The number of methoxy groups -OCH3 is 2. The average molecular weight is 422 g/mol. The molecule has 2 aromatic rings. The summed E-state index contributed by atoms with van der Waals surface area (Å²) in [6, 6.07) is 8.93. The minimum Gasteiger partial charge on any atom is -0.493 e. The van der Waals surface area contributed by atoms with E-state index in [9.17, 15) is 9.59 Å². The molecule has 1 aromatic heterocycles. The second-order valence-corrected chi connectivity index (χ2v) is 7.64. The Morgan fingerprint density at radius 3 is 2.23 bits per heavy atom. The second-order valence-electron chi connectivity index (χ2n) is 7.64. The van der Waals surface area contributed by atoms with Crippen molar-refractivity contribution < 1.29 is 19.1 Å². The number of nitrogens with zero attached hydrogens (tertiary/aromatic N) is 4. The third-order valence-corrected chi connectivity index (χ3v) is 5.73. The average Bonchev–Trinajstić information content (AvgIpc) is 3.04. The molecular weight excluding hydrogens is 396 g/mol. The van der Waals surface area contributed by atoms with Gasteiger partial charge in [0.2, 0.25) is 0 Å². The van der Waals surface area contributed by atoms with Gasteiger partial charge in [0.1, 0.15) is 5.70 Å². The van der Waals surface area contributed by atoms with Gasteiger partial charge in [0.15, 0.2) is 11.5 Å². The Labute approximate surface area is 181 Å². The van der Waals surface area contributed by atoms with Gasteiger partial charge < -0.3 is 19.3 Å². The Bertz CT molecular complexity index is 1010. The monoisotopic (exact) mass is 422 g/mol. The van der Waals surface area contributed by atoms with Gasteiger partial charge in [-0.1, -0.05) is 6.07 Å². The van der Waals surface area contributed by atoms with Crippen LogP contribution in [0.3, 0.4) is 0 Å². The highest BCUT2D eigenvalue weighted by molar-refractivity contribution is 6.35. The molecule has 1 fully saturated rings. The molecule has 0 N–H and O–H groups in total. The predicted molar refractivity (Wildman–Crippen MR) is 115 cm³/mol. The van der Waals surface area contributed by atoms with Gasteiger partial charge in [-0.15, -0.1) is 0 Å². The van der Waals surface area contributed by atoms with Gasteiger partial charge >= 0.3 is 0 Å². The lowest BCUT2D eigenvalue weighted by atomic mass is 10.0. The van der Waals surface area contributed by atoms with Gasteiger partial charge in [0.05, 0.1) is 26.3 Å². The second kappa shape index (κ2) is 8.77. The van der Waals surface area contributed by atoms with Gasteiger partial charge in [0, 0.05) is 38.6 Å². The minimum absolute atomic E-state index is 0.203. The Balaban J connectivity index is 1.76. The molecular formula is C23H26N4O4. The highest BCUT2D eigenvalue weighted by Gasteiger charge is 2.42. The van der Waals surface area contributed by atoms with Crippen LogP contribution in [-0.4, -0.2) is 78.9 Å². The van der Waals surface area contributed by atoms with Crippen LogP contribution in [0.1, 0.15) is 11.1 Å². The molecule has 2 aliphatic rings. The molecule has 0 radical (unpaired) electrons. The molecule has 0 atom stereocenters. The zero-order valence-corrected chi connectivity index (χ0v) is 18.0. The van der Waals surface area contributed by atoms with Gasteiger partial charge in [-0.3, -0.25) is 19.5 Å². The van der Waals surface area contributed by atoms with Crippen LogP contribution < -0.4 is 9.47 Å². The van der Waals surface area contributed by atoms with E-state index in [0.29, 0.717) is 41.4 Å². The maximum Gasteiger partial charge on any atom is 0.278 e. The first-order valence-electron chi connectivity index (χ1n) is 10.2. The quantitative estimate of drug-likeness (QED) is 0.655. The molecule has 31 heavy (non-hydrogen) atoms. The number of hydrogen-bond acceptors (Lipinski definition) is 7. The van der Waals surface area contributed by atoms with E-state index in [-0.39, 0.29) is 18.4 Å². The summed E-state index contributed by atoms with van der Waals surface area (Å²) in [5.41, 5.74) is 2.36. The van der Waals surface area contributed by atoms with E-state index in [0.717, 1.165) is 18.7 Å². The Morgan fingerprint density at radius 2 is 1.58 bits per heavy atom. The van der Waals surface area contributed by atoms with E-state index in [4.69, 9.17) is 9.47 Å². The van der Waals surface area contributed by atoms with E-state index in [2.05, 4.69) is 16.9 Å². The first kappa shape index (κ1) is 20.9. The van der Waals surface area contributed by atoms with E-state index in [1.165, 1.54) is 4.90 Å². The van der Waals surface area contributed by atoms with Crippen LogP contribution in [0.4, 0.5) is 0 Å². The molecule has 0 aliphatic carbocycles. The van der Waals surface area contributed by atoms with E-state index >= 15 is 0 Å². The van der Waals surface area contributed by atoms with Gasteiger partial charge in [0.25, 0.3) is 11.8 Å². The van der Waals surface area contributed by atoms with E-state index in [1.807, 2.05) is 17.0 Å². The summed E-state index contributed by atoms with van der Waals surface area (Å²) in [5.74, 6) is 0.510. The van der Waals surface area contributed by atoms with Crippen molar-refractivity contribution in [2.75, 3.05) is 47.4 Å². The summed E-state index contributed by atoms with van der Waals surface area (Å²) >= 11 is 0. The maximum atomic E-state index is 13.5. The van der Waals surface area contributed by atoms with Crippen molar-refractivity contribution in [3.05, 3.63) is 59.5 Å². The fourth-order valence-electron chi connectivity index (χ4n) is 3.95. The van der Waals surface area contributed by atoms with Crippen molar-refractivity contribution in [3.8, 4) is 11.5 Å². The number of hydrogen-bond donors (Lipinski definition) is 0. The smallest absolute Gasteiger partial charge is 0.278 e. The fourth-order valence-corrected chi connectivity index (χ4v) is 3.95. The van der Waals surface area contributed by atoms with Crippen LogP contribution in [-0.2, 0) is 16.1 Å². The number of carbonyl (C=O) groups is 2. The molecule has 0 spiro atoms. The summed E-state index contributed by atoms with van der Waals surface area (Å²) in [7, 11) is 5.17. The Hall–Kier alpha value is -3.39. The highest BCUT2D eigenvalue weighted by Crippen LogP contribution is 2.37. The van der Waals surface area contributed by atoms with Crippen molar-refractivity contribution in [2.45, 2.75) is 6.54 Å². The number of pyridine rings is 1. The summed E-state index contributed by atoms with van der Waals surface area (Å²) < 4.78 is 10.8. The van der Waals surface area contributed by atoms with Crippen molar-refractivity contribution >= 4 is 17.4 Å². The van der Waals surface area contributed by atoms with Crippen LogP contribution in [0.2, 0.25) is 0 Å². The Morgan fingerprint density at radius 1 is 0.903 bits per heavy atom. The predicted octanol–water partition coefficient (Wildman–Crippen LogP) is 1.63. The third-order valence-electron chi connectivity index (χ3n) is 5.73. The number of aromatic nitrogens is 1. The number of amides is 2. The molecule has 1 saturated heterocycles. The molecule has 1 aromatic carbocycles. The molecule has 3 heterocycles. The van der Waals surface area contributed by atoms with Gasteiger partial charge in [-0.25, -0.2) is 0 Å². The SMILES string of the molecule is COc1ccc(C2=C(N3CCN(C)CC3)C(=O)N(Cc3ccncc3)C2=O)cc1OC. The van der Waals surface area contributed by atoms with Crippen molar-refractivity contribution in [1.29, 1.82) is 0 Å². The third kappa shape index (κ3) is 3.98. The number of benzene rings is 1. The minimum atomic E-state index is -0.303. The molecule has 0 unspecified atom stereocenters. The number of imide groups is 1. The molecule has 8 heteroatoms. The normalized spacial score (nSPS) is 17.5. The van der Waals surface area contributed by atoms with Crippen LogP contribution >= 0.6 is 0 Å². The molecule has 0 bridgehead atoms. The highest BCUT2D eigenvalue weighted by atomic mass is 16.5. The van der Waals surface area contributed by atoms with Crippen molar-refractivity contribution in [3.63, 3.8) is 0 Å².